The van der Waals surface area contributed by atoms with Gasteiger partial charge in [-0.05, 0) is 19.3 Å². The lowest BCUT2D eigenvalue weighted by molar-refractivity contribution is -0.195. The van der Waals surface area contributed by atoms with Crippen LogP contribution in [0.2, 0.25) is 0 Å². The molecule has 1 aliphatic rings. The minimum atomic E-state index is -0.755. The first-order valence-electron chi connectivity index (χ1n) is 5.69. The van der Waals surface area contributed by atoms with Crippen molar-refractivity contribution in [1.29, 1.82) is 0 Å². The molecule has 5 heteroatoms. The van der Waals surface area contributed by atoms with Crippen LogP contribution in [0.1, 0.15) is 39.0 Å². The fraction of sp³-hybridized carbons (Fsp3) is 0.818. The third-order valence-electron chi connectivity index (χ3n) is 2.16. The van der Waals surface area contributed by atoms with Crippen molar-refractivity contribution < 1.29 is 23.8 Å². The molecule has 0 saturated carbocycles. The van der Waals surface area contributed by atoms with Gasteiger partial charge in [-0.15, -0.1) is 0 Å². The number of hydrogen-bond donors (Lipinski definition) is 0. The van der Waals surface area contributed by atoms with Gasteiger partial charge in [0, 0.05) is 12.8 Å². The molecule has 92 valence electrons. The largest absolute Gasteiger partial charge is 0.459 e. The van der Waals surface area contributed by atoms with Crippen LogP contribution in [0.3, 0.4) is 0 Å². The third kappa shape index (κ3) is 5.11. The van der Waals surface area contributed by atoms with E-state index in [1.165, 1.54) is 0 Å². The predicted molar refractivity (Wildman–Crippen MR) is 55.6 cm³/mol. The Balaban J connectivity index is 2.44. The fourth-order valence-electron chi connectivity index (χ4n) is 1.34. The average Bonchev–Trinajstić information content (AvgIpc) is 2.27. The number of carbonyl (C=O) groups excluding carboxylic acids is 2. The monoisotopic (exact) mass is 230 g/mol. The quantitative estimate of drug-likeness (QED) is 0.686. The first-order chi connectivity index (χ1) is 7.72. The summed E-state index contributed by atoms with van der Waals surface area (Å²) in [4.78, 5) is 22.5. The molecule has 1 aliphatic heterocycles. The van der Waals surface area contributed by atoms with Crippen LogP contribution >= 0.6 is 0 Å². The smallest absolute Gasteiger partial charge is 0.308 e. The van der Waals surface area contributed by atoms with Crippen LogP contribution in [-0.4, -0.2) is 31.4 Å². The van der Waals surface area contributed by atoms with Gasteiger partial charge in [0.15, 0.2) is 6.61 Å². The second-order valence-electron chi connectivity index (χ2n) is 3.68. The fourth-order valence-corrected chi connectivity index (χ4v) is 1.34. The Hall–Kier alpha value is -1.10. The molecule has 0 aromatic carbocycles. The number of esters is 2. The molecule has 0 aromatic rings. The lowest BCUT2D eigenvalue weighted by Gasteiger charge is -2.19. The van der Waals surface area contributed by atoms with Gasteiger partial charge in [0.1, 0.15) is 0 Å². The van der Waals surface area contributed by atoms with Gasteiger partial charge in [-0.1, -0.05) is 6.92 Å². The number of ether oxygens (including phenoxy) is 3. The summed E-state index contributed by atoms with van der Waals surface area (Å²) < 4.78 is 15.2. The highest BCUT2D eigenvalue weighted by molar-refractivity contribution is 5.71. The highest BCUT2D eigenvalue weighted by Crippen LogP contribution is 2.09. The molecule has 1 heterocycles. The summed E-state index contributed by atoms with van der Waals surface area (Å²) in [5.41, 5.74) is 0. The average molecular weight is 230 g/mol. The van der Waals surface area contributed by atoms with E-state index in [-0.39, 0.29) is 18.5 Å². The summed E-state index contributed by atoms with van der Waals surface area (Å²) in [7, 11) is 0. The number of cyclic esters (lactones) is 2. The maximum absolute atomic E-state index is 11.3. The Kier molecular flexibility index (Phi) is 5.85. The molecule has 0 amide bonds. The van der Waals surface area contributed by atoms with E-state index in [9.17, 15) is 9.59 Å². The molecule has 0 bridgehead atoms. The molecular weight excluding hydrogens is 212 g/mol. The van der Waals surface area contributed by atoms with Crippen molar-refractivity contribution in [2.45, 2.75) is 45.3 Å². The van der Waals surface area contributed by atoms with Crippen LogP contribution in [0.25, 0.3) is 0 Å². The first kappa shape index (κ1) is 13.0. The van der Waals surface area contributed by atoms with E-state index >= 15 is 0 Å². The first-order valence-corrected chi connectivity index (χ1v) is 5.69. The molecule has 0 radical (unpaired) electrons. The van der Waals surface area contributed by atoms with Crippen molar-refractivity contribution in [3.63, 3.8) is 0 Å². The Morgan fingerprint density at radius 2 is 1.94 bits per heavy atom. The van der Waals surface area contributed by atoms with Crippen LogP contribution < -0.4 is 0 Å². The highest BCUT2D eigenvalue weighted by atomic mass is 16.7. The van der Waals surface area contributed by atoms with Gasteiger partial charge in [-0.2, -0.15) is 0 Å². The molecule has 1 saturated heterocycles. The molecule has 0 aliphatic carbocycles. The highest BCUT2D eigenvalue weighted by Gasteiger charge is 2.18. The Labute approximate surface area is 95.0 Å². The van der Waals surface area contributed by atoms with Gasteiger partial charge in [-0.3, -0.25) is 9.59 Å². The summed E-state index contributed by atoms with van der Waals surface area (Å²) in [6, 6.07) is 0. The summed E-state index contributed by atoms with van der Waals surface area (Å²) >= 11 is 0. The van der Waals surface area contributed by atoms with Crippen molar-refractivity contribution in [2.75, 3.05) is 13.2 Å². The molecule has 0 spiro atoms. The molecular formula is C11H18O5. The second kappa shape index (κ2) is 7.22. The lowest BCUT2D eigenvalue weighted by Crippen LogP contribution is -2.29. The normalized spacial score (nSPS) is 23.4. The van der Waals surface area contributed by atoms with Crippen LogP contribution in [0.4, 0.5) is 0 Å². The molecule has 1 atom stereocenters. The summed E-state index contributed by atoms with van der Waals surface area (Å²) in [5, 5.41) is 0. The molecule has 5 nitrogen and oxygen atoms in total. The minimum Gasteiger partial charge on any atom is -0.459 e. The summed E-state index contributed by atoms with van der Waals surface area (Å²) in [6.45, 7) is 2.42. The number of carbonyl (C=O) groups is 2. The Bertz CT molecular complexity index is 239. The van der Waals surface area contributed by atoms with Gasteiger partial charge in [0.25, 0.3) is 0 Å². The maximum Gasteiger partial charge on any atom is 0.308 e. The number of rotatable bonds is 3. The molecule has 16 heavy (non-hydrogen) atoms. The predicted octanol–water partition coefficient (Wildman–Crippen LogP) is 1.40. The van der Waals surface area contributed by atoms with Crippen LogP contribution in [0, 0.1) is 0 Å². The van der Waals surface area contributed by atoms with E-state index < -0.39 is 6.29 Å². The molecule has 0 N–H and O–H groups in total. The van der Waals surface area contributed by atoms with E-state index in [4.69, 9.17) is 14.2 Å². The Morgan fingerprint density at radius 1 is 1.25 bits per heavy atom. The standard InChI is InChI=1S/C11H18O5/c1-2-7-14-11-8-15-9(12)5-3-4-6-10(13)16-11/h11H,2-8H2,1H3. The van der Waals surface area contributed by atoms with Crippen molar-refractivity contribution in [3.05, 3.63) is 0 Å². The second-order valence-corrected chi connectivity index (χ2v) is 3.68. The number of hydrogen-bond acceptors (Lipinski definition) is 5. The minimum absolute atomic E-state index is 0.00935. The van der Waals surface area contributed by atoms with Crippen LogP contribution in [0.15, 0.2) is 0 Å². The van der Waals surface area contributed by atoms with Crippen LogP contribution in [-0.2, 0) is 23.8 Å². The molecule has 1 rings (SSSR count). The van der Waals surface area contributed by atoms with E-state index in [0.717, 1.165) is 6.42 Å². The summed E-state index contributed by atoms with van der Waals surface area (Å²) in [6.07, 6.45) is 2.06. The Morgan fingerprint density at radius 3 is 2.62 bits per heavy atom. The lowest BCUT2D eigenvalue weighted by atomic mass is 10.2. The van der Waals surface area contributed by atoms with Gasteiger partial charge in [-0.25, -0.2) is 0 Å². The van der Waals surface area contributed by atoms with Gasteiger partial charge in [0.05, 0.1) is 6.61 Å². The van der Waals surface area contributed by atoms with Gasteiger partial charge in [0.2, 0.25) is 6.29 Å². The van der Waals surface area contributed by atoms with Crippen molar-refractivity contribution in [1.82, 2.24) is 0 Å². The van der Waals surface area contributed by atoms with E-state index in [1.54, 1.807) is 0 Å². The van der Waals surface area contributed by atoms with Crippen LogP contribution in [0.5, 0.6) is 0 Å². The van der Waals surface area contributed by atoms with Gasteiger partial charge >= 0.3 is 11.9 Å². The van der Waals surface area contributed by atoms with E-state index in [0.29, 0.717) is 32.3 Å². The van der Waals surface area contributed by atoms with Gasteiger partial charge < -0.3 is 14.2 Å². The van der Waals surface area contributed by atoms with Crippen molar-refractivity contribution in [3.8, 4) is 0 Å². The SMILES string of the molecule is CCCOC1COC(=O)CCCCC(=O)O1. The summed E-state index contributed by atoms with van der Waals surface area (Å²) in [5.74, 6) is -0.554. The molecule has 1 fully saturated rings. The van der Waals surface area contributed by atoms with E-state index in [1.807, 2.05) is 6.92 Å². The van der Waals surface area contributed by atoms with Crippen molar-refractivity contribution >= 4 is 11.9 Å². The zero-order valence-electron chi connectivity index (χ0n) is 9.57. The topological polar surface area (TPSA) is 61.8 Å². The zero-order chi connectivity index (χ0) is 11.8. The molecule has 0 aromatic heterocycles. The van der Waals surface area contributed by atoms with E-state index in [2.05, 4.69) is 0 Å². The molecule has 1 unspecified atom stereocenters. The van der Waals surface area contributed by atoms with Crippen molar-refractivity contribution in [2.24, 2.45) is 0 Å². The maximum atomic E-state index is 11.3. The third-order valence-corrected chi connectivity index (χ3v) is 2.16. The zero-order valence-corrected chi connectivity index (χ0v) is 9.57.